The molecule has 6 atom stereocenters. The molecule has 7 rings (SSSR count). The summed E-state index contributed by atoms with van der Waals surface area (Å²) < 4.78 is 19.4. The lowest BCUT2D eigenvalue weighted by Gasteiger charge is -2.37. The molecule has 1 aliphatic heterocycles. The molecule has 0 spiro atoms. The van der Waals surface area contributed by atoms with Gasteiger partial charge in [0.2, 0.25) is 11.8 Å². The van der Waals surface area contributed by atoms with Crippen molar-refractivity contribution in [3.05, 3.63) is 72.1 Å². The van der Waals surface area contributed by atoms with Crippen molar-refractivity contribution in [3.8, 4) is 5.75 Å². The van der Waals surface area contributed by atoms with E-state index < -0.39 is 11.8 Å². The fourth-order valence-electron chi connectivity index (χ4n) is 5.70. The van der Waals surface area contributed by atoms with Gasteiger partial charge in [0.25, 0.3) is 0 Å². The molecule has 2 saturated carbocycles. The van der Waals surface area contributed by atoms with Crippen LogP contribution in [0.4, 0.5) is 10.1 Å². The molecule has 2 aromatic rings. The van der Waals surface area contributed by atoms with E-state index in [0.717, 1.165) is 6.42 Å². The summed E-state index contributed by atoms with van der Waals surface area (Å²) in [6.45, 7) is 0. The lowest BCUT2D eigenvalue weighted by Crippen LogP contribution is -2.40. The second kappa shape index (κ2) is 6.11. The fourth-order valence-corrected chi connectivity index (χ4v) is 5.70. The Balaban J connectivity index is 1.35. The molecule has 0 aromatic heterocycles. The topological polar surface area (TPSA) is 63.7 Å². The van der Waals surface area contributed by atoms with Crippen molar-refractivity contribution < 1.29 is 23.5 Å². The fraction of sp³-hybridized carbons (Fsp3) is 0.292. The molecule has 2 aromatic carbocycles. The molecule has 2 bridgehead atoms. The number of allylic oxidation sites excluding steroid dienone is 2. The average Bonchev–Trinajstić information content (AvgIpc) is 3.53. The second-order valence-electron chi connectivity index (χ2n) is 8.50. The summed E-state index contributed by atoms with van der Waals surface area (Å²) in [7, 11) is 0. The molecule has 30 heavy (non-hydrogen) atoms. The van der Waals surface area contributed by atoms with Gasteiger partial charge in [0.15, 0.2) is 5.75 Å². The largest absolute Gasteiger partial charge is 0.421 e. The van der Waals surface area contributed by atoms with E-state index in [-0.39, 0.29) is 52.5 Å². The molecule has 5 aliphatic rings. The number of carbonyl (C=O) groups is 3. The van der Waals surface area contributed by atoms with Crippen LogP contribution in [0.2, 0.25) is 0 Å². The summed E-state index contributed by atoms with van der Waals surface area (Å²) in [5, 5.41) is 0. The van der Waals surface area contributed by atoms with Crippen molar-refractivity contribution >= 4 is 23.5 Å². The number of rotatable bonds is 3. The number of esters is 1. The molecule has 6 heteroatoms. The Morgan fingerprint density at radius 3 is 2.17 bits per heavy atom. The summed E-state index contributed by atoms with van der Waals surface area (Å²) in [6.07, 6.45) is 5.31. The average molecular weight is 403 g/mol. The Morgan fingerprint density at radius 2 is 1.50 bits per heavy atom. The quantitative estimate of drug-likeness (QED) is 0.340. The third-order valence-corrected chi connectivity index (χ3v) is 7.07. The van der Waals surface area contributed by atoms with Crippen LogP contribution < -0.4 is 9.64 Å². The standard InChI is InChI=1S/C24H18FNO4/c25-17-6-2-1-5-14(17)24(29)30-19-8-4-3-7-18(19)26-22(27)20-12-9-10-13(16-11-15(12)16)21(20)23(26)28/h1-10,12-13,15-16,20-21H,11H2/t12-,13-,15-,16+,20-,21+/m0/s1. The minimum atomic E-state index is -0.875. The van der Waals surface area contributed by atoms with Crippen LogP contribution in [-0.4, -0.2) is 17.8 Å². The van der Waals surface area contributed by atoms with Crippen molar-refractivity contribution in [3.63, 3.8) is 0 Å². The number of anilines is 1. The normalized spacial score (nSPS) is 32.8. The third-order valence-electron chi connectivity index (χ3n) is 7.07. The van der Waals surface area contributed by atoms with Gasteiger partial charge in [-0.05, 0) is 54.4 Å². The van der Waals surface area contributed by atoms with Crippen LogP contribution in [0.15, 0.2) is 60.7 Å². The zero-order chi connectivity index (χ0) is 20.6. The SMILES string of the molecule is O=C(Oc1ccccc1N1C(=O)[C@@H]2[C@H]3C=C[C@@H]([C@@H]4C[C@H]34)[C@@H]2C1=O)c1ccccc1F. The van der Waals surface area contributed by atoms with Crippen molar-refractivity contribution in [2.24, 2.45) is 35.5 Å². The van der Waals surface area contributed by atoms with Crippen molar-refractivity contribution in [1.29, 1.82) is 0 Å². The van der Waals surface area contributed by atoms with E-state index in [1.807, 2.05) is 0 Å². The summed E-state index contributed by atoms with van der Waals surface area (Å²) in [6, 6.07) is 12.0. The van der Waals surface area contributed by atoms with Gasteiger partial charge in [0.1, 0.15) is 5.82 Å². The first kappa shape index (κ1) is 17.6. The van der Waals surface area contributed by atoms with Gasteiger partial charge in [-0.15, -0.1) is 0 Å². The number of hydrogen-bond acceptors (Lipinski definition) is 4. The Hall–Kier alpha value is -3.28. The Labute approximate surface area is 172 Å². The third kappa shape index (κ3) is 2.30. The molecule has 0 unspecified atom stereocenters. The van der Waals surface area contributed by atoms with E-state index in [1.165, 1.54) is 35.2 Å². The van der Waals surface area contributed by atoms with E-state index >= 15 is 0 Å². The lowest BCUT2D eigenvalue weighted by atomic mass is 9.63. The highest BCUT2D eigenvalue weighted by molar-refractivity contribution is 6.23. The molecular formula is C24H18FNO4. The van der Waals surface area contributed by atoms with E-state index in [1.54, 1.807) is 18.2 Å². The van der Waals surface area contributed by atoms with E-state index in [0.29, 0.717) is 11.8 Å². The molecular weight excluding hydrogens is 385 g/mol. The van der Waals surface area contributed by atoms with Gasteiger partial charge in [-0.25, -0.2) is 14.1 Å². The van der Waals surface area contributed by atoms with Gasteiger partial charge in [0.05, 0.1) is 23.1 Å². The number of ether oxygens (including phenoxy) is 1. The maximum absolute atomic E-state index is 14.0. The van der Waals surface area contributed by atoms with E-state index in [4.69, 9.17) is 4.74 Å². The van der Waals surface area contributed by atoms with Gasteiger partial charge in [-0.2, -0.15) is 0 Å². The zero-order valence-electron chi connectivity index (χ0n) is 15.9. The molecule has 4 aliphatic carbocycles. The smallest absolute Gasteiger partial charge is 0.346 e. The number of carbonyl (C=O) groups excluding carboxylic acids is 3. The van der Waals surface area contributed by atoms with Crippen molar-refractivity contribution in [1.82, 2.24) is 0 Å². The summed E-state index contributed by atoms with van der Waals surface area (Å²) in [4.78, 5) is 40.4. The highest BCUT2D eigenvalue weighted by atomic mass is 19.1. The van der Waals surface area contributed by atoms with Gasteiger partial charge >= 0.3 is 5.97 Å². The first-order chi connectivity index (χ1) is 14.6. The molecule has 1 heterocycles. The predicted octanol–water partition coefficient (Wildman–Crippen LogP) is 3.60. The maximum Gasteiger partial charge on any atom is 0.346 e. The van der Waals surface area contributed by atoms with Crippen LogP contribution in [0, 0.1) is 41.3 Å². The lowest BCUT2D eigenvalue weighted by molar-refractivity contribution is -0.124. The number of para-hydroxylation sites is 2. The minimum Gasteiger partial charge on any atom is -0.421 e. The number of halogens is 1. The van der Waals surface area contributed by atoms with Crippen LogP contribution in [-0.2, 0) is 9.59 Å². The highest BCUT2D eigenvalue weighted by Crippen LogP contribution is 2.65. The van der Waals surface area contributed by atoms with Crippen molar-refractivity contribution in [2.75, 3.05) is 4.90 Å². The van der Waals surface area contributed by atoms with Crippen LogP contribution in [0.25, 0.3) is 0 Å². The molecule has 3 fully saturated rings. The zero-order valence-corrected chi connectivity index (χ0v) is 15.9. The van der Waals surface area contributed by atoms with Gasteiger partial charge < -0.3 is 4.74 Å². The number of imide groups is 1. The van der Waals surface area contributed by atoms with Gasteiger partial charge in [-0.3, -0.25) is 9.59 Å². The molecule has 2 amide bonds. The van der Waals surface area contributed by atoms with Crippen LogP contribution in [0.5, 0.6) is 5.75 Å². The van der Waals surface area contributed by atoms with Crippen LogP contribution >= 0.6 is 0 Å². The summed E-state index contributed by atoms with van der Waals surface area (Å²) in [5.74, 6) is -1.41. The van der Waals surface area contributed by atoms with E-state index in [2.05, 4.69) is 12.2 Å². The van der Waals surface area contributed by atoms with Gasteiger partial charge in [-0.1, -0.05) is 36.4 Å². The monoisotopic (exact) mass is 403 g/mol. The van der Waals surface area contributed by atoms with Crippen molar-refractivity contribution in [2.45, 2.75) is 6.42 Å². The Bertz CT molecular complexity index is 1110. The second-order valence-corrected chi connectivity index (χ2v) is 8.50. The summed E-state index contributed by atoms with van der Waals surface area (Å²) >= 11 is 0. The first-order valence-corrected chi connectivity index (χ1v) is 10.2. The predicted molar refractivity (Wildman–Crippen MR) is 105 cm³/mol. The minimum absolute atomic E-state index is 0.0663. The van der Waals surface area contributed by atoms with Crippen LogP contribution in [0.3, 0.4) is 0 Å². The maximum atomic E-state index is 14.0. The Morgan fingerprint density at radius 1 is 0.900 bits per heavy atom. The van der Waals surface area contributed by atoms with Crippen LogP contribution in [0.1, 0.15) is 16.8 Å². The number of nitrogens with zero attached hydrogens (tertiary/aromatic N) is 1. The summed E-state index contributed by atoms with van der Waals surface area (Å²) in [5.41, 5.74) is 0.0297. The molecule has 150 valence electrons. The number of hydrogen-bond donors (Lipinski definition) is 0. The molecule has 1 saturated heterocycles. The van der Waals surface area contributed by atoms with E-state index in [9.17, 15) is 18.8 Å². The number of amides is 2. The van der Waals surface area contributed by atoms with Gasteiger partial charge in [0, 0.05) is 0 Å². The highest BCUT2D eigenvalue weighted by Gasteiger charge is 2.67. The number of benzene rings is 2. The Kier molecular flexibility index (Phi) is 3.58. The first-order valence-electron chi connectivity index (χ1n) is 10.2. The molecule has 5 nitrogen and oxygen atoms in total. The molecule has 0 radical (unpaired) electrons. The molecule has 0 N–H and O–H groups in total.